The minimum atomic E-state index is -4.97. The topological polar surface area (TPSA) is 48.7 Å². The summed E-state index contributed by atoms with van der Waals surface area (Å²) in [6.07, 6.45) is -1.79. The van der Waals surface area contributed by atoms with Crippen molar-refractivity contribution >= 4 is 17.4 Å². The first-order valence-electron chi connectivity index (χ1n) is 6.46. The van der Waals surface area contributed by atoms with Crippen molar-refractivity contribution in [3.05, 3.63) is 42.5 Å². The van der Waals surface area contributed by atoms with Gasteiger partial charge in [-0.3, -0.25) is 0 Å². The molecule has 0 radical (unpaired) electrons. The van der Waals surface area contributed by atoms with Gasteiger partial charge in [-0.05, 0) is 24.5 Å². The summed E-state index contributed by atoms with van der Waals surface area (Å²) in [5.74, 6) is -1.88. The number of rotatable bonds is 4. The highest BCUT2D eigenvalue weighted by Crippen LogP contribution is 2.31. The Hall–Kier alpha value is -2.49. The van der Waals surface area contributed by atoms with Crippen LogP contribution in [0, 0.1) is 5.82 Å². The molecule has 24 heavy (non-hydrogen) atoms. The van der Waals surface area contributed by atoms with E-state index < -0.39 is 17.9 Å². The number of alkyl halides is 3. The lowest BCUT2D eigenvalue weighted by atomic mass is 10.3. The monoisotopic (exact) mass is 359 g/mol. The summed E-state index contributed by atoms with van der Waals surface area (Å²) in [6, 6.07) is 6.25. The molecule has 0 fully saturated rings. The average Bonchev–Trinajstić information content (AvgIpc) is 2.97. The second-order valence-electron chi connectivity index (χ2n) is 4.51. The van der Waals surface area contributed by atoms with Crippen molar-refractivity contribution in [2.75, 3.05) is 6.26 Å². The van der Waals surface area contributed by atoms with E-state index in [1.165, 1.54) is 28.7 Å². The average molecular weight is 359 g/mol. The molecule has 0 N–H and O–H groups in total. The molecule has 0 unspecified atom stereocenters. The lowest BCUT2D eigenvalue weighted by molar-refractivity contribution is -0.275. The van der Waals surface area contributed by atoms with Crippen LogP contribution in [0.1, 0.15) is 0 Å². The third-order valence-electron chi connectivity index (χ3n) is 2.91. The fourth-order valence-electron chi connectivity index (χ4n) is 1.93. The van der Waals surface area contributed by atoms with Gasteiger partial charge in [0.05, 0.1) is 0 Å². The van der Waals surface area contributed by atoms with Gasteiger partial charge in [0.1, 0.15) is 12.1 Å². The molecule has 3 aromatic rings. The lowest BCUT2D eigenvalue weighted by Crippen LogP contribution is -2.17. The van der Waals surface area contributed by atoms with E-state index in [-0.39, 0.29) is 11.6 Å². The van der Waals surface area contributed by atoms with Crippen LogP contribution in [-0.2, 0) is 0 Å². The highest BCUT2D eigenvalue weighted by Gasteiger charge is 2.32. The first-order valence-corrected chi connectivity index (χ1v) is 7.69. The summed E-state index contributed by atoms with van der Waals surface area (Å²) < 4.78 is 60.7. The molecule has 0 aliphatic rings. The maximum absolute atomic E-state index is 13.7. The number of fused-ring (bicyclic) bond motifs is 1. The molecule has 0 saturated heterocycles. The minimum absolute atomic E-state index is 0.00271. The van der Waals surface area contributed by atoms with E-state index >= 15 is 0 Å². The van der Waals surface area contributed by atoms with E-state index in [1.807, 2.05) is 6.26 Å². The quantitative estimate of drug-likeness (QED) is 0.514. The van der Waals surface area contributed by atoms with Gasteiger partial charge in [-0.15, -0.1) is 24.9 Å². The van der Waals surface area contributed by atoms with Gasteiger partial charge < -0.3 is 9.47 Å². The van der Waals surface area contributed by atoms with Gasteiger partial charge in [-0.25, -0.2) is 9.37 Å². The standard InChI is InChI=1S/C14H9F4N3O2S/c1-24-9-5-12-19-7-20-21(12)13(6-9)22-8-2-3-11(10(15)4-8)23-14(16,17)18/h2-7H,1H3. The molecule has 0 bridgehead atoms. The van der Waals surface area contributed by atoms with Gasteiger partial charge in [0.25, 0.3) is 0 Å². The predicted molar refractivity (Wildman–Crippen MR) is 77.9 cm³/mol. The number of aromatic nitrogens is 3. The fraction of sp³-hybridized carbons (Fsp3) is 0.143. The van der Waals surface area contributed by atoms with E-state index in [0.717, 1.165) is 17.0 Å². The molecule has 0 aliphatic heterocycles. The molecule has 10 heteroatoms. The number of hydrogen-bond acceptors (Lipinski definition) is 5. The summed E-state index contributed by atoms with van der Waals surface area (Å²) in [5, 5.41) is 3.98. The predicted octanol–water partition coefficient (Wildman–Crippen LogP) is 4.28. The molecular formula is C14H9F4N3O2S. The molecule has 5 nitrogen and oxygen atoms in total. The molecule has 2 heterocycles. The summed E-state index contributed by atoms with van der Waals surface area (Å²) in [5.41, 5.74) is 0.523. The number of benzene rings is 1. The van der Waals surface area contributed by atoms with Crippen molar-refractivity contribution in [3.8, 4) is 17.4 Å². The summed E-state index contributed by atoms with van der Waals surface area (Å²) in [7, 11) is 0. The maximum Gasteiger partial charge on any atom is 0.573 e. The van der Waals surface area contributed by atoms with Gasteiger partial charge in [-0.2, -0.15) is 9.61 Å². The Morgan fingerprint density at radius 3 is 2.62 bits per heavy atom. The van der Waals surface area contributed by atoms with Crippen molar-refractivity contribution in [3.63, 3.8) is 0 Å². The van der Waals surface area contributed by atoms with Gasteiger partial charge in [0.2, 0.25) is 5.88 Å². The second kappa shape index (κ2) is 6.19. The lowest BCUT2D eigenvalue weighted by Gasteiger charge is -2.12. The molecule has 0 spiro atoms. The molecule has 0 saturated carbocycles. The summed E-state index contributed by atoms with van der Waals surface area (Å²) in [6.45, 7) is 0. The van der Waals surface area contributed by atoms with Crippen LogP contribution < -0.4 is 9.47 Å². The first kappa shape index (κ1) is 16.4. The highest BCUT2D eigenvalue weighted by molar-refractivity contribution is 7.98. The second-order valence-corrected chi connectivity index (χ2v) is 5.39. The zero-order valence-corrected chi connectivity index (χ0v) is 12.9. The fourth-order valence-corrected chi connectivity index (χ4v) is 2.38. The van der Waals surface area contributed by atoms with Crippen LogP contribution in [0.25, 0.3) is 5.65 Å². The van der Waals surface area contributed by atoms with E-state index in [9.17, 15) is 17.6 Å². The van der Waals surface area contributed by atoms with Crippen molar-refractivity contribution in [1.29, 1.82) is 0 Å². The number of ether oxygens (including phenoxy) is 2. The zero-order chi connectivity index (χ0) is 17.3. The van der Waals surface area contributed by atoms with E-state index in [4.69, 9.17) is 4.74 Å². The van der Waals surface area contributed by atoms with Crippen LogP contribution in [0.15, 0.2) is 41.6 Å². The Morgan fingerprint density at radius 1 is 1.17 bits per heavy atom. The molecule has 126 valence electrons. The normalized spacial score (nSPS) is 11.7. The maximum atomic E-state index is 13.7. The van der Waals surface area contributed by atoms with E-state index in [2.05, 4.69) is 14.8 Å². The number of thioether (sulfide) groups is 1. The van der Waals surface area contributed by atoms with Crippen molar-refractivity contribution in [1.82, 2.24) is 14.6 Å². The van der Waals surface area contributed by atoms with Crippen molar-refractivity contribution in [2.24, 2.45) is 0 Å². The largest absolute Gasteiger partial charge is 0.573 e. The van der Waals surface area contributed by atoms with Crippen LogP contribution >= 0.6 is 11.8 Å². The Morgan fingerprint density at radius 2 is 1.96 bits per heavy atom. The van der Waals surface area contributed by atoms with Crippen LogP contribution in [-0.4, -0.2) is 27.2 Å². The summed E-state index contributed by atoms with van der Waals surface area (Å²) in [4.78, 5) is 4.88. The third kappa shape index (κ3) is 3.53. The number of hydrogen-bond donors (Lipinski definition) is 0. The molecule has 2 aromatic heterocycles. The van der Waals surface area contributed by atoms with Gasteiger partial charge in [0, 0.05) is 17.0 Å². The van der Waals surface area contributed by atoms with Crippen LogP contribution in [0.3, 0.4) is 0 Å². The molecule has 0 atom stereocenters. The number of halogens is 4. The van der Waals surface area contributed by atoms with Crippen LogP contribution in [0.2, 0.25) is 0 Å². The number of pyridine rings is 1. The van der Waals surface area contributed by atoms with Gasteiger partial charge in [-0.1, -0.05) is 0 Å². The Balaban J connectivity index is 1.91. The SMILES string of the molecule is CSc1cc(Oc2ccc(OC(F)(F)F)c(F)c2)n2ncnc2c1. The van der Waals surface area contributed by atoms with Crippen LogP contribution in [0.5, 0.6) is 17.4 Å². The Kier molecular flexibility index (Phi) is 4.22. The molecule has 3 rings (SSSR count). The minimum Gasteiger partial charge on any atom is -0.439 e. The van der Waals surface area contributed by atoms with Gasteiger partial charge in [0.15, 0.2) is 17.2 Å². The highest BCUT2D eigenvalue weighted by atomic mass is 32.2. The molecule has 1 aromatic carbocycles. The van der Waals surface area contributed by atoms with E-state index in [1.54, 1.807) is 12.1 Å². The molecule has 0 aliphatic carbocycles. The Labute approximate surface area is 137 Å². The molecular weight excluding hydrogens is 350 g/mol. The first-order chi connectivity index (χ1) is 11.4. The zero-order valence-electron chi connectivity index (χ0n) is 12.0. The van der Waals surface area contributed by atoms with Crippen molar-refractivity contribution < 1.29 is 27.0 Å². The van der Waals surface area contributed by atoms with Gasteiger partial charge >= 0.3 is 6.36 Å². The summed E-state index contributed by atoms with van der Waals surface area (Å²) >= 11 is 1.44. The van der Waals surface area contributed by atoms with Crippen LogP contribution in [0.4, 0.5) is 17.6 Å². The smallest absolute Gasteiger partial charge is 0.439 e. The van der Waals surface area contributed by atoms with Crippen molar-refractivity contribution in [2.45, 2.75) is 11.3 Å². The number of nitrogens with zero attached hydrogens (tertiary/aromatic N) is 3. The third-order valence-corrected chi connectivity index (χ3v) is 3.61. The Bertz CT molecular complexity index is 882. The van der Waals surface area contributed by atoms with E-state index in [0.29, 0.717) is 5.65 Å². The molecule has 0 amide bonds.